The summed E-state index contributed by atoms with van der Waals surface area (Å²) in [6.45, 7) is 8.32. The van der Waals surface area contributed by atoms with E-state index in [0.29, 0.717) is 0 Å². The molecule has 0 amide bonds. The van der Waals surface area contributed by atoms with Crippen LogP contribution in [0.15, 0.2) is 30.8 Å². The number of benzene rings is 1. The van der Waals surface area contributed by atoms with Gasteiger partial charge in [-0.1, -0.05) is 108 Å². The molecule has 0 N–H and O–H groups in total. The van der Waals surface area contributed by atoms with Crippen molar-refractivity contribution in [3.05, 3.63) is 36.4 Å². The molecule has 1 heteroatoms. The fourth-order valence-corrected chi connectivity index (χ4v) is 3.30. The second kappa shape index (κ2) is 15.0. The van der Waals surface area contributed by atoms with E-state index in [4.69, 9.17) is 4.74 Å². The maximum atomic E-state index is 6.07. The molecule has 0 aromatic heterocycles. The second-order valence-electron chi connectivity index (χ2n) is 7.35. The molecule has 0 saturated heterocycles. The lowest BCUT2D eigenvalue weighted by Crippen LogP contribution is -2.12. The first kappa shape index (κ1) is 21.8. The van der Waals surface area contributed by atoms with Gasteiger partial charge in [0, 0.05) is 5.56 Å². The number of hydrogen-bond donors (Lipinski definition) is 0. The van der Waals surface area contributed by atoms with Crippen molar-refractivity contribution in [1.29, 1.82) is 0 Å². The molecule has 1 aromatic rings. The van der Waals surface area contributed by atoms with E-state index in [1.54, 1.807) is 0 Å². The number of ether oxygens (including phenoxy) is 1. The Kier molecular flexibility index (Phi) is 13.1. The highest BCUT2D eigenvalue weighted by molar-refractivity contribution is 5.55. The number of para-hydroxylation sites is 1. The normalized spacial score (nSPS) is 12.1. The van der Waals surface area contributed by atoms with Gasteiger partial charge in [0.05, 0.1) is 6.10 Å². The number of unbranched alkanes of at least 4 members (excludes halogenated alkanes) is 11. The summed E-state index contributed by atoms with van der Waals surface area (Å²) in [6, 6.07) is 8.15. The van der Waals surface area contributed by atoms with Gasteiger partial charge in [-0.25, -0.2) is 0 Å². The molecule has 0 saturated carbocycles. The SMILES string of the molecule is C=Cc1ccccc1OC(C)CCCCCCCCCCCCCC. The van der Waals surface area contributed by atoms with E-state index in [0.717, 1.165) is 17.7 Å². The van der Waals surface area contributed by atoms with Crippen molar-refractivity contribution in [2.45, 2.75) is 103 Å². The third kappa shape index (κ3) is 11.1. The maximum Gasteiger partial charge on any atom is 0.126 e. The Balaban J connectivity index is 1.95. The smallest absolute Gasteiger partial charge is 0.126 e. The molecule has 142 valence electrons. The third-order valence-electron chi connectivity index (χ3n) is 4.93. The van der Waals surface area contributed by atoms with E-state index in [-0.39, 0.29) is 6.10 Å². The van der Waals surface area contributed by atoms with E-state index in [1.165, 1.54) is 77.0 Å². The van der Waals surface area contributed by atoms with Crippen LogP contribution in [-0.2, 0) is 0 Å². The minimum Gasteiger partial charge on any atom is -0.490 e. The van der Waals surface area contributed by atoms with Crippen LogP contribution in [0.5, 0.6) is 5.75 Å². The molecule has 1 atom stereocenters. The van der Waals surface area contributed by atoms with E-state index in [9.17, 15) is 0 Å². The Bertz CT molecular complexity index is 437. The zero-order chi connectivity index (χ0) is 18.2. The van der Waals surface area contributed by atoms with E-state index in [1.807, 2.05) is 24.3 Å². The van der Waals surface area contributed by atoms with Crippen molar-refractivity contribution in [3.63, 3.8) is 0 Å². The molecule has 0 aliphatic rings. The molecule has 1 aromatic carbocycles. The molecule has 0 bridgehead atoms. The van der Waals surface area contributed by atoms with Crippen LogP contribution in [0.2, 0.25) is 0 Å². The lowest BCUT2D eigenvalue weighted by molar-refractivity contribution is 0.206. The molecule has 0 fully saturated rings. The minimum atomic E-state index is 0.282. The van der Waals surface area contributed by atoms with Crippen LogP contribution in [0.25, 0.3) is 6.08 Å². The van der Waals surface area contributed by atoms with E-state index >= 15 is 0 Å². The molecule has 1 nitrogen and oxygen atoms in total. The van der Waals surface area contributed by atoms with Gasteiger partial charge in [0.2, 0.25) is 0 Å². The van der Waals surface area contributed by atoms with Gasteiger partial charge in [-0.3, -0.25) is 0 Å². The van der Waals surface area contributed by atoms with Crippen LogP contribution in [0.1, 0.15) is 103 Å². The average Bonchev–Trinajstić information content (AvgIpc) is 2.63. The van der Waals surface area contributed by atoms with Gasteiger partial charge in [0.25, 0.3) is 0 Å². The van der Waals surface area contributed by atoms with Gasteiger partial charge in [-0.2, -0.15) is 0 Å². The number of rotatable bonds is 16. The molecule has 0 aliphatic carbocycles. The second-order valence-corrected chi connectivity index (χ2v) is 7.35. The molecule has 0 radical (unpaired) electrons. The standard InChI is InChI=1S/C24H40O/c1-4-6-7-8-9-10-11-12-13-14-15-16-19-22(3)25-24-21-18-17-20-23(24)5-2/h5,17-18,20-22H,2,4,6-16,19H2,1,3H3. The predicted molar refractivity (Wildman–Crippen MR) is 112 cm³/mol. The summed E-state index contributed by atoms with van der Waals surface area (Å²) in [5, 5.41) is 0. The van der Waals surface area contributed by atoms with Gasteiger partial charge in [0.15, 0.2) is 0 Å². The largest absolute Gasteiger partial charge is 0.490 e. The van der Waals surface area contributed by atoms with E-state index in [2.05, 4.69) is 26.5 Å². The molecule has 0 heterocycles. The van der Waals surface area contributed by atoms with Gasteiger partial charge in [-0.05, 0) is 25.8 Å². The molecule has 1 unspecified atom stereocenters. The lowest BCUT2D eigenvalue weighted by Gasteiger charge is -2.16. The Hall–Kier alpha value is -1.24. The quantitative estimate of drug-likeness (QED) is 0.275. The van der Waals surface area contributed by atoms with Crippen molar-refractivity contribution >= 4 is 6.08 Å². The van der Waals surface area contributed by atoms with Crippen molar-refractivity contribution in [1.82, 2.24) is 0 Å². The molecule has 25 heavy (non-hydrogen) atoms. The minimum absolute atomic E-state index is 0.282. The number of hydrogen-bond acceptors (Lipinski definition) is 1. The summed E-state index contributed by atoms with van der Waals surface area (Å²) < 4.78 is 6.07. The molecular formula is C24H40O. The summed E-state index contributed by atoms with van der Waals surface area (Å²) in [5.74, 6) is 0.962. The van der Waals surface area contributed by atoms with Gasteiger partial charge >= 0.3 is 0 Å². The Morgan fingerprint density at radius 1 is 0.840 bits per heavy atom. The molecule has 1 rings (SSSR count). The first-order valence-electron chi connectivity index (χ1n) is 10.7. The molecule has 0 spiro atoms. The van der Waals surface area contributed by atoms with Crippen LogP contribution in [0.4, 0.5) is 0 Å². The van der Waals surface area contributed by atoms with E-state index < -0.39 is 0 Å². The summed E-state index contributed by atoms with van der Waals surface area (Å²) in [7, 11) is 0. The summed E-state index contributed by atoms with van der Waals surface area (Å²) in [5.41, 5.74) is 1.09. The zero-order valence-electron chi connectivity index (χ0n) is 16.8. The highest BCUT2D eigenvalue weighted by Crippen LogP contribution is 2.22. The van der Waals surface area contributed by atoms with Crippen molar-refractivity contribution in [2.75, 3.05) is 0 Å². The van der Waals surface area contributed by atoms with Crippen molar-refractivity contribution in [2.24, 2.45) is 0 Å². The Morgan fingerprint density at radius 2 is 1.36 bits per heavy atom. The van der Waals surface area contributed by atoms with Gasteiger partial charge < -0.3 is 4.74 Å². The summed E-state index contributed by atoms with van der Waals surface area (Å²) in [6.07, 6.45) is 20.1. The van der Waals surface area contributed by atoms with Crippen molar-refractivity contribution in [3.8, 4) is 5.75 Å². The lowest BCUT2D eigenvalue weighted by atomic mass is 10.0. The Labute approximate surface area is 156 Å². The van der Waals surface area contributed by atoms with Crippen LogP contribution in [-0.4, -0.2) is 6.10 Å². The predicted octanol–water partition coefficient (Wildman–Crippen LogP) is 8.19. The fourth-order valence-electron chi connectivity index (χ4n) is 3.30. The van der Waals surface area contributed by atoms with Gasteiger partial charge in [-0.15, -0.1) is 0 Å². The highest BCUT2D eigenvalue weighted by atomic mass is 16.5. The van der Waals surface area contributed by atoms with Crippen LogP contribution >= 0.6 is 0 Å². The first-order chi connectivity index (χ1) is 12.3. The topological polar surface area (TPSA) is 9.23 Å². The Morgan fingerprint density at radius 3 is 1.92 bits per heavy atom. The van der Waals surface area contributed by atoms with Crippen LogP contribution < -0.4 is 4.74 Å². The monoisotopic (exact) mass is 344 g/mol. The highest BCUT2D eigenvalue weighted by Gasteiger charge is 2.06. The van der Waals surface area contributed by atoms with Crippen molar-refractivity contribution < 1.29 is 4.74 Å². The average molecular weight is 345 g/mol. The maximum absolute atomic E-state index is 6.07. The van der Waals surface area contributed by atoms with Crippen LogP contribution in [0, 0.1) is 0 Å². The first-order valence-corrected chi connectivity index (χ1v) is 10.7. The fraction of sp³-hybridized carbons (Fsp3) is 0.667. The summed E-state index contributed by atoms with van der Waals surface area (Å²) >= 11 is 0. The molecule has 0 aliphatic heterocycles. The molecular weight excluding hydrogens is 304 g/mol. The van der Waals surface area contributed by atoms with Crippen LogP contribution in [0.3, 0.4) is 0 Å². The summed E-state index contributed by atoms with van der Waals surface area (Å²) in [4.78, 5) is 0. The van der Waals surface area contributed by atoms with Gasteiger partial charge in [0.1, 0.15) is 5.75 Å². The third-order valence-corrected chi connectivity index (χ3v) is 4.93. The zero-order valence-corrected chi connectivity index (χ0v) is 16.8.